The summed E-state index contributed by atoms with van der Waals surface area (Å²) >= 11 is 0. The summed E-state index contributed by atoms with van der Waals surface area (Å²) in [6.45, 7) is 6.32. The van der Waals surface area contributed by atoms with Crippen LogP contribution in [-0.2, 0) is 13.6 Å². The molecule has 7 nitrogen and oxygen atoms in total. The summed E-state index contributed by atoms with van der Waals surface area (Å²) in [5, 5.41) is 12.6. The highest BCUT2D eigenvalue weighted by molar-refractivity contribution is 6.12. The van der Waals surface area contributed by atoms with Gasteiger partial charge in [0.15, 0.2) is 5.65 Å². The molecule has 0 spiro atoms. The minimum absolute atomic E-state index is 0.186. The summed E-state index contributed by atoms with van der Waals surface area (Å²) in [5.74, 6) is -0.186. The number of anilines is 1. The Morgan fingerprint density at radius 3 is 2.57 bits per heavy atom. The van der Waals surface area contributed by atoms with Gasteiger partial charge in [0.1, 0.15) is 0 Å². The summed E-state index contributed by atoms with van der Waals surface area (Å²) < 4.78 is 3.59. The molecule has 1 amide bonds. The van der Waals surface area contributed by atoms with Crippen LogP contribution >= 0.6 is 0 Å². The summed E-state index contributed by atoms with van der Waals surface area (Å²) in [5.41, 5.74) is 5.57. The number of pyridine rings is 1. The summed E-state index contributed by atoms with van der Waals surface area (Å²) in [6, 6.07) is 11.9. The predicted molar refractivity (Wildman–Crippen MR) is 108 cm³/mol. The highest BCUT2D eigenvalue weighted by Gasteiger charge is 2.20. The van der Waals surface area contributed by atoms with Gasteiger partial charge in [-0.15, -0.1) is 0 Å². The molecule has 0 saturated heterocycles. The molecule has 7 heteroatoms. The molecule has 0 unspecified atom stereocenters. The van der Waals surface area contributed by atoms with Crippen LogP contribution in [0.2, 0.25) is 0 Å². The van der Waals surface area contributed by atoms with Crippen molar-refractivity contribution in [2.45, 2.75) is 27.3 Å². The van der Waals surface area contributed by atoms with Gasteiger partial charge in [-0.3, -0.25) is 9.48 Å². The summed E-state index contributed by atoms with van der Waals surface area (Å²) in [6.07, 6.45) is 1.66. The molecule has 0 radical (unpaired) electrons. The van der Waals surface area contributed by atoms with Crippen LogP contribution in [0.3, 0.4) is 0 Å². The van der Waals surface area contributed by atoms with Crippen LogP contribution in [0.25, 0.3) is 11.0 Å². The number of hydrogen-bond acceptors (Lipinski definition) is 4. The maximum atomic E-state index is 13.0. The van der Waals surface area contributed by atoms with E-state index in [1.165, 1.54) is 0 Å². The molecule has 142 valence electrons. The van der Waals surface area contributed by atoms with Gasteiger partial charge in [0.25, 0.3) is 5.91 Å². The predicted octanol–water partition coefficient (Wildman–Crippen LogP) is 3.39. The first-order valence-electron chi connectivity index (χ1n) is 9.12. The maximum Gasteiger partial charge on any atom is 0.256 e. The van der Waals surface area contributed by atoms with E-state index in [0.717, 1.165) is 33.7 Å². The minimum atomic E-state index is -0.186. The van der Waals surface area contributed by atoms with Crippen molar-refractivity contribution in [1.29, 1.82) is 0 Å². The number of amides is 1. The number of benzene rings is 1. The number of aromatic nitrogens is 5. The Labute approximate surface area is 163 Å². The zero-order valence-corrected chi connectivity index (χ0v) is 16.4. The lowest BCUT2D eigenvalue weighted by Gasteiger charge is -2.08. The van der Waals surface area contributed by atoms with E-state index in [9.17, 15) is 4.79 Å². The molecule has 0 aliphatic carbocycles. The van der Waals surface area contributed by atoms with Gasteiger partial charge < -0.3 is 5.32 Å². The molecule has 4 rings (SSSR count). The minimum Gasteiger partial charge on any atom is -0.319 e. The lowest BCUT2D eigenvalue weighted by atomic mass is 10.1. The van der Waals surface area contributed by atoms with Crippen molar-refractivity contribution in [3.8, 4) is 0 Å². The molecular weight excluding hydrogens is 352 g/mol. The second kappa shape index (κ2) is 6.92. The molecule has 0 fully saturated rings. The fourth-order valence-corrected chi connectivity index (χ4v) is 3.34. The second-order valence-corrected chi connectivity index (χ2v) is 6.96. The topological polar surface area (TPSA) is 77.6 Å². The van der Waals surface area contributed by atoms with Crippen molar-refractivity contribution >= 4 is 22.6 Å². The van der Waals surface area contributed by atoms with E-state index < -0.39 is 0 Å². The average Bonchev–Trinajstić information content (AvgIpc) is 3.15. The lowest BCUT2D eigenvalue weighted by molar-refractivity contribution is 0.102. The van der Waals surface area contributed by atoms with E-state index >= 15 is 0 Å². The van der Waals surface area contributed by atoms with Gasteiger partial charge in [0, 0.05) is 12.7 Å². The van der Waals surface area contributed by atoms with Crippen LogP contribution in [0.4, 0.5) is 5.69 Å². The average molecular weight is 374 g/mol. The molecular formula is C21H22N6O. The number of fused-ring (bicyclic) bond motifs is 1. The van der Waals surface area contributed by atoms with Crippen molar-refractivity contribution < 1.29 is 4.79 Å². The molecule has 0 atom stereocenters. The van der Waals surface area contributed by atoms with Gasteiger partial charge in [-0.2, -0.15) is 10.2 Å². The fraction of sp³-hybridized carbons (Fsp3) is 0.238. The molecule has 0 aliphatic heterocycles. The molecule has 0 saturated carbocycles. The SMILES string of the molecule is Cc1cc(C(=O)Nc2cnn(C)c2C)c2c(C)nn(Cc3ccccc3)c2n1. The molecule has 4 aromatic rings. The number of nitrogens with zero attached hydrogens (tertiary/aromatic N) is 5. The Kier molecular flexibility index (Phi) is 4.43. The highest BCUT2D eigenvalue weighted by atomic mass is 16.1. The van der Waals surface area contributed by atoms with Crippen LogP contribution in [-0.4, -0.2) is 30.5 Å². The van der Waals surface area contributed by atoms with Gasteiger partial charge in [0.2, 0.25) is 0 Å². The van der Waals surface area contributed by atoms with E-state index in [0.29, 0.717) is 17.8 Å². The molecule has 0 aliphatic rings. The summed E-state index contributed by atoms with van der Waals surface area (Å²) in [4.78, 5) is 17.7. The first kappa shape index (κ1) is 17.9. The monoisotopic (exact) mass is 374 g/mol. The van der Waals surface area contributed by atoms with Gasteiger partial charge in [-0.1, -0.05) is 30.3 Å². The third-order valence-corrected chi connectivity index (χ3v) is 4.91. The smallest absolute Gasteiger partial charge is 0.256 e. The second-order valence-electron chi connectivity index (χ2n) is 6.96. The zero-order valence-electron chi connectivity index (χ0n) is 16.4. The molecule has 0 bridgehead atoms. The number of carbonyl (C=O) groups excluding carboxylic acids is 1. The standard InChI is InChI=1S/C21H22N6O/c1-13-10-17(21(28)24-18-11-22-26(4)15(18)3)19-14(2)25-27(20(19)23-13)12-16-8-6-5-7-9-16/h5-11H,12H2,1-4H3,(H,24,28). The number of aryl methyl sites for hydroxylation is 3. The van der Waals surface area contributed by atoms with E-state index in [-0.39, 0.29) is 5.91 Å². The van der Waals surface area contributed by atoms with Gasteiger partial charge in [0.05, 0.1) is 40.8 Å². The first-order chi connectivity index (χ1) is 13.4. The van der Waals surface area contributed by atoms with Gasteiger partial charge in [-0.05, 0) is 32.4 Å². The Bertz CT molecular complexity index is 1170. The van der Waals surface area contributed by atoms with Gasteiger partial charge >= 0.3 is 0 Å². The largest absolute Gasteiger partial charge is 0.319 e. The molecule has 28 heavy (non-hydrogen) atoms. The van der Waals surface area contributed by atoms with Gasteiger partial charge in [-0.25, -0.2) is 9.67 Å². The Morgan fingerprint density at radius 2 is 1.89 bits per heavy atom. The fourth-order valence-electron chi connectivity index (χ4n) is 3.34. The van der Waals surface area contributed by atoms with E-state index in [2.05, 4.69) is 32.6 Å². The maximum absolute atomic E-state index is 13.0. The first-order valence-corrected chi connectivity index (χ1v) is 9.12. The van der Waals surface area contributed by atoms with Crippen LogP contribution < -0.4 is 5.32 Å². The van der Waals surface area contributed by atoms with Crippen LogP contribution in [0, 0.1) is 20.8 Å². The Morgan fingerprint density at radius 1 is 1.14 bits per heavy atom. The Balaban J connectivity index is 1.77. The van der Waals surface area contributed by atoms with E-state index in [1.807, 2.05) is 56.8 Å². The Hall–Kier alpha value is -3.48. The van der Waals surface area contributed by atoms with Crippen molar-refractivity contribution in [2.24, 2.45) is 7.05 Å². The normalized spacial score (nSPS) is 11.1. The van der Waals surface area contributed by atoms with Crippen LogP contribution in [0.1, 0.15) is 33.0 Å². The lowest BCUT2D eigenvalue weighted by Crippen LogP contribution is -2.14. The zero-order chi connectivity index (χ0) is 19.8. The number of rotatable bonds is 4. The van der Waals surface area contributed by atoms with Crippen LogP contribution in [0.5, 0.6) is 0 Å². The van der Waals surface area contributed by atoms with Crippen molar-refractivity contribution in [3.63, 3.8) is 0 Å². The number of nitrogens with one attached hydrogen (secondary N) is 1. The van der Waals surface area contributed by atoms with Crippen molar-refractivity contribution in [1.82, 2.24) is 24.5 Å². The molecule has 3 aromatic heterocycles. The molecule has 1 aromatic carbocycles. The summed E-state index contributed by atoms with van der Waals surface area (Å²) in [7, 11) is 1.84. The number of hydrogen-bond donors (Lipinski definition) is 1. The van der Waals surface area contributed by atoms with Crippen LogP contribution in [0.15, 0.2) is 42.6 Å². The van der Waals surface area contributed by atoms with Crippen molar-refractivity contribution in [2.75, 3.05) is 5.32 Å². The highest BCUT2D eigenvalue weighted by Crippen LogP contribution is 2.24. The quantitative estimate of drug-likeness (QED) is 0.594. The third-order valence-electron chi connectivity index (χ3n) is 4.91. The third kappa shape index (κ3) is 3.15. The molecule has 1 N–H and O–H groups in total. The number of carbonyl (C=O) groups is 1. The molecule has 3 heterocycles. The van der Waals surface area contributed by atoms with E-state index in [4.69, 9.17) is 0 Å². The van der Waals surface area contributed by atoms with Crippen molar-refractivity contribution in [3.05, 3.63) is 70.8 Å². The van der Waals surface area contributed by atoms with E-state index in [1.54, 1.807) is 10.9 Å².